The summed E-state index contributed by atoms with van der Waals surface area (Å²) in [5, 5.41) is 2.89. The van der Waals surface area contributed by atoms with E-state index in [-0.39, 0.29) is 11.7 Å². The van der Waals surface area contributed by atoms with Crippen molar-refractivity contribution in [2.24, 2.45) is 0 Å². The van der Waals surface area contributed by atoms with Crippen LogP contribution in [0.15, 0.2) is 36.4 Å². The largest absolute Gasteiger partial charge is 0.490 e. The molecule has 154 valence electrons. The second-order valence-electron chi connectivity index (χ2n) is 7.08. The van der Waals surface area contributed by atoms with Crippen LogP contribution in [0.3, 0.4) is 0 Å². The first kappa shape index (κ1) is 20.9. The summed E-state index contributed by atoms with van der Waals surface area (Å²) in [6, 6.07) is 11.1. The lowest BCUT2D eigenvalue weighted by Gasteiger charge is -2.29. The number of nitrogens with zero attached hydrogens (tertiary/aromatic N) is 1. The van der Waals surface area contributed by atoms with Gasteiger partial charge in [0, 0.05) is 24.3 Å². The van der Waals surface area contributed by atoms with Gasteiger partial charge in [0.25, 0.3) is 0 Å². The number of nitrogens with one attached hydrogen (secondary N) is 1. The van der Waals surface area contributed by atoms with Gasteiger partial charge in [-0.15, -0.1) is 0 Å². The van der Waals surface area contributed by atoms with Crippen LogP contribution < -0.4 is 14.8 Å². The van der Waals surface area contributed by atoms with Crippen LogP contribution in [0, 0.1) is 0 Å². The number of anilines is 1. The van der Waals surface area contributed by atoms with E-state index >= 15 is 0 Å². The van der Waals surface area contributed by atoms with Crippen LogP contribution in [-0.4, -0.2) is 42.9 Å². The molecule has 0 bridgehead atoms. The summed E-state index contributed by atoms with van der Waals surface area (Å²) < 4.78 is 11.4. The molecular weight excluding hydrogens is 368 g/mol. The number of hydrogen-bond acceptors (Lipinski definition) is 5. The lowest BCUT2D eigenvalue weighted by molar-refractivity contribution is -0.117. The van der Waals surface area contributed by atoms with Crippen molar-refractivity contribution in [3.63, 3.8) is 0 Å². The van der Waals surface area contributed by atoms with E-state index in [0.717, 1.165) is 30.0 Å². The van der Waals surface area contributed by atoms with Gasteiger partial charge in [0.2, 0.25) is 5.91 Å². The zero-order valence-corrected chi connectivity index (χ0v) is 17.3. The van der Waals surface area contributed by atoms with E-state index in [0.29, 0.717) is 37.6 Å². The molecule has 2 aromatic carbocycles. The minimum Gasteiger partial charge on any atom is -0.490 e. The predicted octanol–water partition coefficient (Wildman–Crippen LogP) is 3.68. The number of fused-ring (bicyclic) bond motifs is 1. The number of Topliss-reactive ketones (excluding diaryl/α,β-unsaturated/α-hetero) is 1. The molecule has 29 heavy (non-hydrogen) atoms. The highest BCUT2D eigenvalue weighted by Crippen LogP contribution is 2.33. The SMILES string of the molecule is CCOc1cc2c(cc1OCC)CN(CC(=O)Nc1cccc(C(C)=O)c1)CC2. The quantitative estimate of drug-likeness (QED) is 0.690. The summed E-state index contributed by atoms with van der Waals surface area (Å²) in [6.07, 6.45) is 0.856. The van der Waals surface area contributed by atoms with Gasteiger partial charge in [0.15, 0.2) is 17.3 Å². The third-order valence-electron chi connectivity index (χ3n) is 4.88. The maximum Gasteiger partial charge on any atom is 0.238 e. The smallest absolute Gasteiger partial charge is 0.238 e. The van der Waals surface area contributed by atoms with Crippen LogP contribution in [-0.2, 0) is 17.8 Å². The van der Waals surface area contributed by atoms with Gasteiger partial charge in [0.1, 0.15) is 0 Å². The van der Waals surface area contributed by atoms with Crippen LogP contribution in [0.2, 0.25) is 0 Å². The van der Waals surface area contributed by atoms with E-state index in [2.05, 4.69) is 16.3 Å². The first-order chi connectivity index (χ1) is 14.0. The molecule has 0 unspecified atom stereocenters. The molecule has 0 spiro atoms. The maximum atomic E-state index is 12.5. The monoisotopic (exact) mass is 396 g/mol. The van der Waals surface area contributed by atoms with Gasteiger partial charge in [-0.25, -0.2) is 0 Å². The van der Waals surface area contributed by atoms with Crippen molar-refractivity contribution >= 4 is 17.4 Å². The Bertz CT molecular complexity index is 894. The highest BCUT2D eigenvalue weighted by molar-refractivity contribution is 5.97. The van der Waals surface area contributed by atoms with E-state index in [4.69, 9.17) is 9.47 Å². The van der Waals surface area contributed by atoms with Gasteiger partial charge in [-0.3, -0.25) is 14.5 Å². The first-order valence-corrected chi connectivity index (χ1v) is 10.0. The normalized spacial score (nSPS) is 13.5. The highest BCUT2D eigenvalue weighted by Gasteiger charge is 2.21. The molecule has 6 nitrogen and oxygen atoms in total. The molecule has 0 saturated heterocycles. The maximum absolute atomic E-state index is 12.5. The Kier molecular flexibility index (Phi) is 6.88. The van der Waals surface area contributed by atoms with Crippen molar-refractivity contribution < 1.29 is 19.1 Å². The van der Waals surface area contributed by atoms with Crippen molar-refractivity contribution in [1.29, 1.82) is 0 Å². The van der Waals surface area contributed by atoms with Crippen LogP contribution in [0.5, 0.6) is 11.5 Å². The summed E-state index contributed by atoms with van der Waals surface area (Å²) in [6.45, 7) is 8.37. The molecule has 0 fully saturated rings. The number of rotatable bonds is 8. The van der Waals surface area contributed by atoms with Gasteiger partial charge >= 0.3 is 0 Å². The minimum atomic E-state index is -0.0925. The number of ether oxygens (including phenoxy) is 2. The molecule has 0 aromatic heterocycles. The average molecular weight is 396 g/mol. The fraction of sp³-hybridized carbons (Fsp3) is 0.391. The van der Waals surface area contributed by atoms with E-state index in [1.807, 2.05) is 19.9 Å². The number of carbonyl (C=O) groups excluding carboxylic acids is 2. The summed E-state index contributed by atoms with van der Waals surface area (Å²) in [7, 11) is 0. The average Bonchev–Trinajstić information content (AvgIpc) is 2.69. The molecule has 0 saturated carbocycles. The Morgan fingerprint density at radius 3 is 2.38 bits per heavy atom. The molecule has 1 N–H and O–H groups in total. The van der Waals surface area contributed by atoms with Crippen molar-refractivity contribution in [3.05, 3.63) is 53.1 Å². The molecule has 3 rings (SSSR count). The van der Waals surface area contributed by atoms with Gasteiger partial charge in [-0.2, -0.15) is 0 Å². The number of hydrogen-bond donors (Lipinski definition) is 1. The van der Waals surface area contributed by atoms with Crippen molar-refractivity contribution in [2.45, 2.75) is 33.7 Å². The zero-order chi connectivity index (χ0) is 20.8. The summed E-state index contributed by atoms with van der Waals surface area (Å²) >= 11 is 0. The molecule has 0 atom stereocenters. The number of amides is 1. The molecule has 1 amide bonds. The predicted molar refractivity (Wildman–Crippen MR) is 113 cm³/mol. The molecule has 0 radical (unpaired) electrons. The van der Waals surface area contributed by atoms with E-state index in [9.17, 15) is 9.59 Å². The Morgan fingerprint density at radius 2 is 1.72 bits per heavy atom. The lowest BCUT2D eigenvalue weighted by Crippen LogP contribution is -2.37. The second-order valence-corrected chi connectivity index (χ2v) is 7.08. The molecule has 1 heterocycles. The number of ketones is 1. The van der Waals surface area contributed by atoms with Gasteiger partial charge in [0.05, 0.1) is 19.8 Å². The van der Waals surface area contributed by atoms with Crippen LogP contribution in [0.4, 0.5) is 5.69 Å². The molecule has 6 heteroatoms. The van der Waals surface area contributed by atoms with Gasteiger partial charge in [-0.05, 0) is 62.6 Å². The van der Waals surface area contributed by atoms with Crippen molar-refractivity contribution in [1.82, 2.24) is 4.90 Å². The third-order valence-corrected chi connectivity index (χ3v) is 4.88. The fourth-order valence-electron chi connectivity index (χ4n) is 3.51. The van der Waals surface area contributed by atoms with E-state index in [1.54, 1.807) is 24.3 Å². The molecular formula is C23H28N2O4. The Hall–Kier alpha value is -2.86. The van der Waals surface area contributed by atoms with E-state index in [1.165, 1.54) is 12.5 Å². The van der Waals surface area contributed by atoms with Crippen molar-refractivity contribution in [3.8, 4) is 11.5 Å². The van der Waals surface area contributed by atoms with Crippen LogP contribution in [0.1, 0.15) is 42.3 Å². The van der Waals surface area contributed by atoms with Gasteiger partial charge < -0.3 is 14.8 Å². The molecule has 0 aliphatic carbocycles. The Balaban J connectivity index is 1.66. The van der Waals surface area contributed by atoms with Crippen LogP contribution >= 0.6 is 0 Å². The highest BCUT2D eigenvalue weighted by atomic mass is 16.5. The number of benzene rings is 2. The van der Waals surface area contributed by atoms with Crippen LogP contribution in [0.25, 0.3) is 0 Å². The first-order valence-electron chi connectivity index (χ1n) is 10.0. The minimum absolute atomic E-state index is 0.0229. The lowest BCUT2D eigenvalue weighted by atomic mass is 9.98. The molecule has 2 aromatic rings. The topological polar surface area (TPSA) is 67.9 Å². The third kappa shape index (κ3) is 5.35. The number of carbonyl (C=O) groups is 2. The standard InChI is InChI=1S/C23H28N2O4/c1-4-28-21-12-18-9-10-25(14-19(18)13-22(21)29-5-2)15-23(27)24-20-8-6-7-17(11-20)16(3)26/h6-8,11-13H,4-5,9-10,14-15H2,1-3H3,(H,24,27). The summed E-state index contributed by atoms with van der Waals surface area (Å²) in [5.41, 5.74) is 3.63. The van der Waals surface area contributed by atoms with Gasteiger partial charge in [-0.1, -0.05) is 12.1 Å². The Morgan fingerprint density at radius 1 is 1.03 bits per heavy atom. The zero-order valence-electron chi connectivity index (χ0n) is 17.3. The fourth-order valence-corrected chi connectivity index (χ4v) is 3.51. The second kappa shape index (κ2) is 9.56. The summed E-state index contributed by atoms with van der Waals surface area (Å²) in [4.78, 5) is 26.1. The Labute approximate surface area is 171 Å². The summed E-state index contributed by atoms with van der Waals surface area (Å²) in [5.74, 6) is 1.42. The molecule has 1 aliphatic heterocycles. The van der Waals surface area contributed by atoms with E-state index < -0.39 is 0 Å². The van der Waals surface area contributed by atoms with Crippen molar-refractivity contribution in [2.75, 3.05) is 31.6 Å². The molecule has 1 aliphatic rings.